The average molecular weight is 508 g/mol. The number of aliphatic carboxylic acids is 1. The molecule has 0 saturated heterocycles. The highest BCUT2D eigenvalue weighted by Crippen LogP contribution is 2.40. The van der Waals surface area contributed by atoms with Crippen LogP contribution in [-0.2, 0) is 17.4 Å². The first-order valence-corrected chi connectivity index (χ1v) is 11.4. The van der Waals surface area contributed by atoms with E-state index in [0.29, 0.717) is 23.7 Å². The van der Waals surface area contributed by atoms with Crippen molar-refractivity contribution >= 4 is 5.97 Å². The van der Waals surface area contributed by atoms with Gasteiger partial charge in [-0.1, -0.05) is 30.3 Å². The summed E-state index contributed by atoms with van der Waals surface area (Å²) in [7, 11) is 0. The molecule has 8 heteroatoms. The Bertz CT molecular complexity index is 1380. The summed E-state index contributed by atoms with van der Waals surface area (Å²) in [4.78, 5) is 10.8. The van der Waals surface area contributed by atoms with Crippen molar-refractivity contribution in [1.29, 1.82) is 0 Å². The highest BCUT2D eigenvalue weighted by atomic mass is 19.4. The van der Waals surface area contributed by atoms with E-state index in [9.17, 15) is 18.0 Å². The predicted octanol–water partition coefficient (Wildman–Crippen LogP) is 8.41. The van der Waals surface area contributed by atoms with Gasteiger partial charge in [0.1, 0.15) is 23.0 Å². The highest BCUT2D eigenvalue weighted by molar-refractivity contribution is 5.67. The normalized spacial score (nSPS) is 11.1. The lowest BCUT2D eigenvalue weighted by atomic mass is 10.0. The second-order valence-electron chi connectivity index (χ2n) is 8.24. The van der Waals surface area contributed by atoms with Gasteiger partial charge in [0.2, 0.25) is 0 Å². The molecule has 0 saturated carbocycles. The third-order valence-corrected chi connectivity index (χ3v) is 5.43. The van der Waals surface area contributed by atoms with Crippen LogP contribution in [0.25, 0.3) is 0 Å². The number of halogens is 3. The molecule has 0 aromatic heterocycles. The van der Waals surface area contributed by atoms with E-state index >= 15 is 0 Å². The van der Waals surface area contributed by atoms with Crippen molar-refractivity contribution in [2.75, 3.05) is 0 Å². The van der Waals surface area contributed by atoms with Gasteiger partial charge >= 0.3 is 12.1 Å². The molecule has 5 nitrogen and oxygen atoms in total. The van der Waals surface area contributed by atoms with Gasteiger partial charge in [0, 0.05) is 12.5 Å². The molecular weight excluding hydrogens is 485 g/mol. The van der Waals surface area contributed by atoms with Crippen molar-refractivity contribution in [2.24, 2.45) is 0 Å². The number of carboxylic acids is 1. The third-order valence-electron chi connectivity index (χ3n) is 5.43. The molecule has 0 aliphatic heterocycles. The van der Waals surface area contributed by atoms with E-state index in [4.69, 9.17) is 19.3 Å². The predicted molar refractivity (Wildman–Crippen MR) is 132 cm³/mol. The number of alkyl halides is 3. The van der Waals surface area contributed by atoms with Gasteiger partial charge in [-0.15, -0.1) is 0 Å². The zero-order valence-electron chi connectivity index (χ0n) is 19.8. The van der Waals surface area contributed by atoms with Crippen LogP contribution in [0.4, 0.5) is 13.2 Å². The lowest BCUT2D eigenvalue weighted by molar-refractivity contribution is -0.138. The Morgan fingerprint density at radius 1 is 0.730 bits per heavy atom. The molecule has 1 N–H and O–H groups in total. The Balaban J connectivity index is 1.56. The summed E-state index contributed by atoms with van der Waals surface area (Å²) in [6.45, 7) is 1.87. The van der Waals surface area contributed by atoms with E-state index in [2.05, 4.69) is 0 Å². The van der Waals surface area contributed by atoms with Gasteiger partial charge in [-0.3, -0.25) is 4.79 Å². The smallest absolute Gasteiger partial charge is 0.416 e. The highest BCUT2D eigenvalue weighted by Gasteiger charge is 2.31. The fraction of sp³-hybridized carbons (Fsp3) is 0.138. The van der Waals surface area contributed by atoms with Gasteiger partial charge in [0.15, 0.2) is 11.5 Å². The van der Waals surface area contributed by atoms with E-state index in [1.807, 2.05) is 13.0 Å². The van der Waals surface area contributed by atoms with E-state index in [1.165, 1.54) is 6.07 Å². The number of para-hydroxylation sites is 1. The van der Waals surface area contributed by atoms with E-state index in [-0.39, 0.29) is 23.7 Å². The van der Waals surface area contributed by atoms with Gasteiger partial charge < -0.3 is 19.3 Å². The van der Waals surface area contributed by atoms with Crippen molar-refractivity contribution in [3.05, 3.63) is 108 Å². The number of carbonyl (C=O) groups is 1. The van der Waals surface area contributed by atoms with Gasteiger partial charge in [-0.05, 0) is 79.1 Å². The van der Waals surface area contributed by atoms with Crippen LogP contribution in [0.5, 0.6) is 34.5 Å². The van der Waals surface area contributed by atoms with Crippen molar-refractivity contribution in [3.8, 4) is 34.5 Å². The fourth-order valence-electron chi connectivity index (χ4n) is 3.58. The van der Waals surface area contributed by atoms with Gasteiger partial charge in [0.05, 0.1) is 5.56 Å². The molecular formula is C29H23F3O5. The van der Waals surface area contributed by atoms with Crippen LogP contribution in [-0.4, -0.2) is 11.1 Å². The Morgan fingerprint density at radius 3 is 2.05 bits per heavy atom. The van der Waals surface area contributed by atoms with Crippen LogP contribution in [0, 0.1) is 6.92 Å². The second-order valence-corrected chi connectivity index (χ2v) is 8.24. The van der Waals surface area contributed by atoms with E-state index in [1.54, 1.807) is 66.7 Å². The molecule has 4 rings (SSSR count). The molecule has 0 radical (unpaired) electrons. The van der Waals surface area contributed by atoms with Crippen LogP contribution in [0.1, 0.15) is 23.1 Å². The minimum absolute atomic E-state index is 0.0337. The molecule has 0 bridgehead atoms. The molecule has 0 atom stereocenters. The molecule has 0 aliphatic rings. The van der Waals surface area contributed by atoms with Crippen LogP contribution in [0.2, 0.25) is 0 Å². The maximum atomic E-state index is 13.4. The minimum atomic E-state index is -4.55. The SMILES string of the molecule is Cc1cc(Oc2cccc(Oc3cc(C(F)(F)F)ccc3Oc3ccccc3)c2)ccc1CCC(=O)O. The fourth-order valence-corrected chi connectivity index (χ4v) is 3.58. The summed E-state index contributed by atoms with van der Waals surface area (Å²) in [5.41, 5.74) is 0.925. The zero-order valence-corrected chi connectivity index (χ0v) is 19.8. The van der Waals surface area contributed by atoms with Crippen LogP contribution in [0.3, 0.4) is 0 Å². The summed E-state index contributed by atoms with van der Waals surface area (Å²) in [6, 6.07) is 23.6. The quantitative estimate of drug-likeness (QED) is 0.246. The summed E-state index contributed by atoms with van der Waals surface area (Å²) in [5, 5.41) is 8.89. The number of rotatable bonds is 9. The molecule has 0 spiro atoms. The molecule has 0 unspecified atom stereocenters. The van der Waals surface area contributed by atoms with E-state index in [0.717, 1.165) is 23.3 Å². The first-order chi connectivity index (χ1) is 17.7. The molecule has 0 fully saturated rings. The van der Waals surface area contributed by atoms with E-state index < -0.39 is 17.7 Å². The topological polar surface area (TPSA) is 65.0 Å². The Morgan fingerprint density at radius 2 is 1.38 bits per heavy atom. The molecule has 190 valence electrons. The number of aryl methyl sites for hydroxylation is 2. The maximum absolute atomic E-state index is 13.4. The van der Waals surface area contributed by atoms with Crippen molar-refractivity contribution in [2.45, 2.75) is 25.9 Å². The summed E-state index contributed by atoms with van der Waals surface area (Å²) >= 11 is 0. The third kappa shape index (κ3) is 7.04. The molecule has 4 aromatic carbocycles. The molecule has 0 heterocycles. The van der Waals surface area contributed by atoms with Crippen molar-refractivity contribution in [1.82, 2.24) is 0 Å². The Hall–Kier alpha value is -4.46. The number of carboxylic acid groups (broad SMARTS) is 1. The summed E-state index contributed by atoms with van der Waals surface area (Å²) < 4.78 is 57.6. The average Bonchev–Trinajstić information content (AvgIpc) is 2.85. The summed E-state index contributed by atoms with van der Waals surface area (Å²) in [5.74, 6) is 0.798. The maximum Gasteiger partial charge on any atom is 0.416 e. The first kappa shape index (κ1) is 25.6. The number of ether oxygens (including phenoxy) is 3. The van der Waals surface area contributed by atoms with Gasteiger partial charge in [0.25, 0.3) is 0 Å². The Labute approximate surface area is 211 Å². The number of hydrogen-bond donors (Lipinski definition) is 1. The van der Waals surface area contributed by atoms with Crippen LogP contribution in [0.15, 0.2) is 91.0 Å². The van der Waals surface area contributed by atoms with Crippen molar-refractivity contribution in [3.63, 3.8) is 0 Å². The molecule has 37 heavy (non-hydrogen) atoms. The molecule has 0 amide bonds. The van der Waals surface area contributed by atoms with Crippen LogP contribution >= 0.6 is 0 Å². The molecule has 0 aliphatic carbocycles. The van der Waals surface area contributed by atoms with Crippen LogP contribution < -0.4 is 14.2 Å². The van der Waals surface area contributed by atoms with Gasteiger partial charge in [-0.2, -0.15) is 13.2 Å². The minimum Gasteiger partial charge on any atom is -0.481 e. The van der Waals surface area contributed by atoms with Crippen molar-refractivity contribution < 1.29 is 37.3 Å². The standard InChI is InChI=1S/C29H23F3O5/c1-19-16-25(13-10-20(19)11-15-28(33)34)35-23-8-5-9-24(18-23)37-27-17-21(29(30,31)32)12-14-26(27)36-22-6-3-2-4-7-22/h2-10,12-14,16-18H,11,15H2,1H3,(H,33,34). The number of hydrogen-bond acceptors (Lipinski definition) is 4. The lowest BCUT2D eigenvalue weighted by Crippen LogP contribution is -2.05. The molecule has 4 aromatic rings. The Kier molecular flexibility index (Phi) is 7.67. The first-order valence-electron chi connectivity index (χ1n) is 11.4. The largest absolute Gasteiger partial charge is 0.481 e. The van der Waals surface area contributed by atoms with Gasteiger partial charge in [-0.25, -0.2) is 0 Å². The zero-order chi connectivity index (χ0) is 26.4. The monoisotopic (exact) mass is 508 g/mol. The number of benzene rings is 4. The summed E-state index contributed by atoms with van der Waals surface area (Å²) in [6.07, 6.45) is -4.11. The lowest BCUT2D eigenvalue weighted by Gasteiger charge is -2.16. The second kappa shape index (κ2) is 11.1.